The van der Waals surface area contributed by atoms with Crippen LogP contribution in [0.25, 0.3) is 0 Å². The SMILES string of the molecule is CCCCCCCCCCCCCCCCCCOC(=O)C(=O)OCCCCCCCCCCCCCCCCCC. The molecule has 0 aliphatic rings. The van der Waals surface area contributed by atoms with Crippen molar-refractivity contribution in [3.8, 4) is 0 Å². The minimum absolute atomic E-state index is 0.325. The third-order valence-electron chi connectivity index (χ3n) is 8.63. The molecule has 0 fully saturated rings. The van der Waals surface area contributed by atoms with Crippen molar-refractivity contribution in [1.29, 1.82) is 0 Å². The van der Waals surface area contributed by atoms with E-state index < -0.39 is 11.9 Å². The van der Waals surface area contributed by atoms with E-state index in [1.807, 2.05) is 0 Å². The largest absolute Gasteiger partial charge is 0.457 e. The molecule has 0 saturated carbocycles. The summed E-state index contributed by atoms with van der Waals surface area (Å²) in [6.07, 6.45) is 42.0. The van der Waals surface area contributed by atoms with Gasteiger partial charge in [0.2, 0.25) is 0 Å². The molecule has 0 radical (unpaired) electrons. The molecule has 0 aromatic heterocycles. The number of hydrogen-bond donors (Lipinski definition) is 0. The van der Waals surface area contributed by atoms with Gasteiger partial charge < -0.3 is 9.47 Å². The molecule has 0 unspecified atom stereocenters. The topological polar surface area (TPSA) is 52.6 Å². The van der Waals surface area contributed by atoms with Gasteiger partial charge in [0, 0.05) is 0 Å². The first-order valence-corrected chi connectivity index (χ1v) is 19.1. The van der Waals surface area contributed by atoms with Crippen molar-refractivity contribution < 1.29 is 19.1 Å². The maximum absolute atomic E-state index is 11.8. The van der Waals surface area contributed by atoms with E-state index in [1.165, 1.54) is 180 Å². The van der Waals surface area contributed by atoms with Crippen molar-refractivity contribution in [2.45, 2.75) is 219 Å². The molecule has 0 rings (SSSR count). The number of rotatable bonds is 34. The summed E-state index contributed by atoms with van der Waals surface area (Å²) in [5.74, 6) is -1.65. The lowest BCUT2D eigenvalue weighted by molar-refractivity contribution is -0.167. The van der Waals surface area contributed by atoms with Gasteiger partial charge in [0.1, 0.15) is 0 Å². The summed E-state index contributed by atoms with van der Waals surface area (Å²) in [6.45, 7) is 5.21. The number of carbonyl (C=O) groups excluding carboxylic acids is 2. The second-order valence-corrected chi connectivity index (χ2v) is 12.9. The molecule has 0 amide bonds. The van der Waals surface area contributed by atoms with Crippen LogP contribution in [0.3, 0.4) is 0 Å². The Morgan fingerprint density at radius 1 is 0.286 bits per heavy atom. The Bertz CT molecular complexity index is 499. The Balaban J connectivity index is 3.27. The second kappa shape index (κ2) is 36.1. The van der Waals surface area contributed by atoms with Crippen LogP contribution in [0.15, 0.2) is 0 Å². The van der Waals surface area contributed by atoms with Gasteiger partial charge in [0.25, 0.3) is 0 Å². The molecule has 0 aliphatic heterocycles. The van der Waals surface area contributed by atoms with E-state index >= 15 is 0 Å². The monoisotopic (exact) mass is 595 g/mol. The fourth-order valence-electron chi connectivity index (χ4n) is 5.75. The summed E-state index contributed by atoms with van der Waals surface area (Å²) in [5.41, 5.74) is 0. The summed E-state index contributed by atoms with van der Waals surface area (Å²) in [4.78, 5) is 23.6. The number of ether oxygens (including phenoxy) is 2. The Hall–Kier alpha value is -1.06. The smallest absolute Gasteiger partial charge is 0.417 e. The first-order chi connectivity index (χ1) is 20.7. The van der Waals surface area contributed by atoms with Crippen molar-refractivity contribution in [3.05, 3.63) is 0 Å². The molecule has 0 saturated heterocycles. The van der Waals surface area contributed by atoms with E-state index in [9.17, 15) is 9.59 Å². The van der Waals surface area contributed by atoms with Crippen molar-refractivity contribution >= 4 is 11.9 Å². The van der Waals surface area contributed by atoms with Gasteiger partial charge in [-0.1, -0.05) is 206 Å². The lowest BCUT2D eigenvalue weighted by Gasteiger charge is -2.06. The zero-order valence-corrected chi connectivity index (χ0v) is 28.7. The Kier molecular flexibility index (Phi) is 35.2. The first kappa shape index (κ1) is 40.9. The lowest BCUT2D eigenvalue weighted by Crippen LogP contribution is -2.21. The summed E-state index contributed by atoms with van der Waals surface area (Å²) >= 11 is 0. The Morgan fingerprint density at radius 2 is 0.452 bits per heavy atom. The van der Waals surface area contributed by atoms with Crippen LogP contribution in [0.2, 0.25) is 0 Å². The van der Waals surface area contributed by atoms with E-state index in [1.54, 1.807) is 0 Å². The van der Waals surface area contributed by atoms with Crippen molar-refractivity contribution in [1.82, 2.24) is 0 Å². The third-order valence-corrected chi connectivity index (χ3v) is 8.63. The second-order valence-electron chi connectivity index (χ2n) is 12.9. The highest BCUT2D eigenvalue weighted by Crippen LogP contribution is 2.15. The van der Waals surface area contributed by atoms with Gasteiger partial charge in [-0.15, -0.1) is 0 Å². The molecule has 0 aliphatic carbocycles. The fraction of sp³-hybridized carbons (Fsp3) is 0.947. The van der Waals surface area contributed by atoms with Gasteiger partial charge in [0.15, 0.2) is 0 Å². The molecule has 0 atom stereocenters. The van der Waals surface area contributed by atoms with Crippen molar-refractivity contribution in [2.24, 2.45) is 0 Å². The Labute approximate surface area is 263 Å². The minimum Gasteiger partial charge on any atom is -0.457 e. The third kappa shape index (κ3) is 33.4. The predicted molar refractivity (Wildman–Crippen MR) is 181 cm³/mol. The number of unbranched alkanes of at least 4 members (excludes halogenated alkanes) is 30. The molecule has 4 nitrogen and oxygen atoms in total. The van der Waals surface area contributed by atoms with E-state index in [4.69, 9.17) is 9.47 Å². The van der Waals surface area contributed by atoms with Gasteiger partial charge >= 0.3 is 11.9 Å². The van der Waals surface area contributed by atoms with E-state index in [0.29, 0.717) is 13.2 Å². The molecule has 0 aromatic rings. The first-order valence-electron chi connectivity index (χ1n) is 19.1. The summed E-state index contributed by atoms with van der Waals surface area (Å²) in [6, 6.07) is 0. The molecule has 0 N–H and O–H groups in total. The molecule has 42 heavy (non-hydrogen) atoms. The number of hydrogen-bond acceptors (Lipinski definition) is 4. The van der Waals surface area contributed by atoms with Gasteiger partial charge in [0.05, 0.1) is 13.2 Å². The normalized spacial score (nSPS) is 11.2. The van der Waals surface area contributed by atoms with E-state index in [-0.39, 0.29) is 0 Å². The van der Waals surface area contributed by atoms with Crippen LogP contribution in [-0.2, 0) is 19.1 Å². The zero-order chi connectivity index (χ0) is 30.6. The standard InChI is InChI=1S/C38H74O4/c1-3-5-7-9-11-13-15-17-19-21-23-25-27-29-31-33-35-41-37(39)38(40)42-36-34-32-30-28-26-24-22-20-18-16-14-12-10-8-6-4-2/h3-36H2,1-2H3. The van der Waals surface area contributed by atoms with Gasteiger partial charge in [-0.25, -0.2) is 9.59 Å². The maximum atomic E-state index is 11.8. The van der Waals surface area contributed by atoms with E-state index in [0.717, 1.165) is 25.7 Å². The fourth-order valence-corrected chi connectivity index (χ4v) is 5.75. The molecular weight excluding hydrogens is 520 g/mol. The quantitative estimate of drug-likeness (QED) is 0.0422. The molecule has 250 valence electrons. The molecule has 0 spiro atoms. The predicted octanol–water partition coefficient (Wildman–Crippen LogP) is 12.6. The average Bonchev–Trinajstić information content (AvgIpc) is 3.00. The maximum Gasteiger partial charge on any atom is 0.417 e. The average molecular weight is 595 g/mol. The summed E-state index contributed by atoms with van der Waals surface area (Å²) in [7, 11) is 0. The molecule has 0 aromatic carbocycles. The number of carbonyl (C=O) groups is 2. The Morgan fingerprint density at radius 3 is 0.643 bits per heavy atom. The zero-order valence-electron chi connectivity index (χ0n) is 28.7. The van der Waals surface area contributed by atoms with Gasteiger partial charge in [-0.05, 0) is 12.8 Å². The molecule has 0 heterocycles. The summed E-state index contributed by atoms with van der Waals surface area (Å²) < 4.78 is 10.2. The van der Waals surface area contributed by atoms with E-state index in [2.05, 4.69) is 13.8 Å². The highest BCUT2D eigenvalue weighted by atomic mass is 16.6. The highest BCUT2D eigenvalue weighted by molar-refractivity contribution is 6.29. The van der Waals surface area contributed by atoms with Crippen LogP contribution in [0.1, 0.15) is 219 Å². The van der Waals surface area contributed by atoms with Gasteiger partial charge in [-0.3, -0.25) is 0 Å². The molecular formula is C38H74O4. The highest BCUT2D eigenvalue weighted by Gasteiger charge is 2.16. The van der Waals surface area contributed by atoms with Crippen molar-refractivity contribution in [3.63, 3.8) is 0 Å². The molecule has 4 heteroatoms. The minimum atomic E-state index is -0.826. The lowest BCUT2D eigenvalue weighted by atomic mass is 10.0. The van der Waals surface area contributed by atoms with Crippen LogP contribution in [0, 0.1) is 0 Å². The van der Waals surface area contributed by atoms with Crippen LogP contribution in [0.4, 0.5) is 0 Å². The van der Waals surface area contributed by atoms with Crippen LogP contribution < -0.4 is 0 Å². The number of esters is 2. The van der Waals surface area contributed by atoms with Crippen LogP contribution in [0.5, 0.6) is 0 Å². The van der Waals surface area contributed by atoms with Crippen LogP contribution >= 0.6 is 0 Å². The molecule has 0 bridgehead atoms. The van der Waals surface area contributed by atoms with Crippen molar-refractivity contribution in [2.75, 3.05) is 13.2 Å². The van der Waals surface area contributed by atoms with Gasteiger partial charge in [-0.2, -0.15) is 0 Å². The van der Waals surface area contributed by atoms with Crippen LogP contribution in [-0.4, -0.2) is 25.2 Å². The summed E-state index contributed by atoms with van der Waals surface area (Å²) in [5, 5.41) is 0.